The summed E-state index contributed by atoms with van der Waals surface area (Å²) in [5.41, 5.74) is 4.83. The average Bonchev–Trinajstić information content (AvgIpc) is 3.03. The molecule has 0 radical (unpaired) electrons. The number of aromatic carboxylic acids is 2. The van der Waals surface area contributed by atoms with Crippen molar-refractivity contribution >= 4 is 23.5 Å². The molecule has 4 rings (SSSR count). The van der Waals surface area contributed by atoms with Gasteiger partial charge in [0.1, 0.15) is 0 Å². The minimum absolute atomic E-state index is 0.0290. The zero-order chi connectivity index (χ0) is 32.1. The summed E-state index contributed by atoms with van der Waals surface area (Å²) in [6.45, 7) is 6.23. The minimum atomic E-state index is -1.09. The predicted octanol–water partition coefficient (Wildman–Crippen LogP) is 8.47. The third-order valence-electron chi connectivity index (χ3n) is 6.84. The Morgan fingerprint density at radius 1 is 0.568 bits per heavy atom. The minimum Gasteiger partial charge on any atom is -0.478 e. The van der Waals surface area contributed by atoms with E-state index in [9.17, 15) is 24.3 Å². The van der Waals surface area contributed by atoms with Crippen LogP contribution in [0.15, 0.2) is 126 Å². The number of allylic oxidation sites excluding steroid dienone is 4. The van der Waals surface area contributed by atoms with Crippen LogP contribution in [0.4, 0.5) is 0 Å². The van der Waals surface area contributed by atoms with Gasteiger partial charge >= 0.3 is 11.9 Å². The Morgan fingerprint density at radius 3 is 1.61 bits per heavy atom. The first-order valence-corrected chi connectivity index (χ1v) is 14.3. The van der Waals surface area contributed by atoms with Gasteiger partial charge in [-0.3, -0.25) is 9.59 Å². The first-order chi connectivity index (χ1) is 21.1. The van der Waals surface area contributed by atoms with E-state index < -0.39 is 11.9 Å². The summed E-state index contributed by atoms with van der Waals surface area (Å²) in [6.07, 6.45) is 6.76. The zero-order valence-electron chi connectivity index (χ0n) is 25.1. The fraction of sp³-hybridized carbons (Fsp3) is 0.158. The van der Waals surface area contributed by atoms with Crippen LogP contribution < -0.4 is 0 Å². The first kappa shape index (κ1) is 33.1. The van der Waals surface area contributed by atoms with E-state index in [1.807, 2.05) is 12.1 Å². The fourth-order valence-corrected chi connectivity index (χ4v) is 4.54. The molecule has 0 aromatic heterocycles. The Morgan fingerprint density at radius 2 is 1.07 bits per heavy atom. The lowest BCUT2D eigenvalue weighted by molar-refractivity contribution is 0.0683. The topological polar surface area (TPSA) is 109 Å². The highest BCUT2D eigenvalue weighted by Gasteiger charge is 2.21. The van der Waals surface area contributed by atoms with Gasteiger partial charge in [-0.1, -0.05) is 114 Å². The second kappa shape index (κ2) is 16.3. The molecule has 0 fully saturated rings. The summed E-state index contributed by atoms with van der Waals surface area (Å²) in [5, 5.41) is 18.6. The van der Waals surface area contributed by atoms with Gasteiger partial charge in [0.15, 0.2) is 11.6 Å². The number of rotatable bonds is 11. The quantitative estimate of drug-likeness (QED) is 0.134. The molecule has 0 spiro atoms. The van der Waals surface area contributed by atoms with Crippen molar-refractivity contribution in [3.8, 4) is 0 Å². The summed E-state index contributed by atoms with van der Waals surface area (Å²) < 4.78 is 0. The molecule has 0 aliphatic carbocycles. The number of ketones is 2. The molecule has 0 atom stereocenters. The van der Waals surface area contributed by atoms with Crippen LogP contribution in [0.5, 0.6) is 0 Å². The Bertz CT molecular complexity index is 1680. The monoisotopic (exact) mass is 588 g/mol. The van der Waals surface area contributed by atoms with Crippen LogP contribution in [-0.2, 0) is 6.42 Å². The van der Waals surface area contributed by atoms with E-state index in [2.05, 4.69) is 32.9 Å². The lowest BCUT2D eigenvalue weighted by Gasteiger charge is -2.11. The molecule has 0 heterocycles. The number of carboxylic acid groups (broad SMARTS) is 2. The van der Waals surface area contributed by atoms with E-state index in [0.717, 1.165) is 18.4 Å². The summed E-state index contributed by atoms with van der Waals surface area (Å²) in [5.74, 6) is -2.70. The fourth-order valence-electron chi connectivity index (χ4n) is 4.54. The van der Waals surface area contributed by atoms with Crippen LogP contribution in [0.3, 0.4) is 0 Å². The lowest BCUT2D eigenvalue weighted by Crippen LogP contribution is -2.13. The van der Waals surface area contributed by atoms with Crippen molar-refractivity contribution in [1.82, 2.24) is 0 Å². The molecule has 0 aliphatic rings. The molecular formula is C38H36O6. The number of carbonyl (C=O) groups is 4. The normalized spacial score (nSPS) is 10.7. The van der Waals surface area contributed by atoms with Gasteiger partial charge in [0.2, 0.25) is 0 Å². The highest BCUT2D eigenvalue weighted by molar-refractivity contribution is 6.15. The van der Waals surface area contributed by atoms with Crippen LogP contribution in [0.2, 0.25) is 0 Å². The maximum Gasteiger partial charge on any atom is 0.336 e. The molecule has 0 saturated carbocycles. The molecule has 44 heavy (non-hydrogen) atoms. The second-order valence-electron chi connectivity index (χ2n) is 10.5. The molecule has 4 aromatic rings. The molecular weight excluding hydrogens is 552 g/mol. The average molecular weight is 589 g/mol. The van der Waals surface area contributed by atoms with Gasteiger partial charge in [0.05, 0.1) is 11.1 Å². The van der Waals surface area contributed by atoms with Crippen molar-refractivity contribution in [2.75, 3.05) is 0 Å². The van der Waals surface area contributed by atoms with Crippen LogP contribution in [0.1, 0.15) is 91.7 Å². The van der Waals surface area contributed by atoms with Gasteiger partial charge in [0.25, 0.3) is 0 Å². The van der Waals surface area contributed by atoms with Crippen LogP contribution in [0, 0.1) is 0 Å². The van der Waals surface area contributed by atoms with E-state index in [1.54, 1.807) is 72.8 Å². The lowest BCUT2D eigenvalue weighted by atomic mass is 9.91. The van der Waals surface area contributed by atoms with Crippen molar-refractivity contribution in [3.05, 3.63) is 165 Å². The molecule has 224 valence electrons. The summed E-state index contributed by atoms with van der Waals surface area (Å²) in [4.78, 5) is 47.8. The molecule has 6 nitrogen and oxygen atoms in total. The third kappa shape index (κ3) is 9.33. The maximum absolute atomic E-state index is 13.0. The van der Waals surface area contributed by atoms with E-state index in [0.29, 0.717) is 17.5 Å². The van der Waals surface area contributed by atoms with Crippen molar-refractivity contribution in [2.24, 2.45) is 0 Å². The molecule has 4 aromatic carbocycles. The molecule has 0 bridgehead atoms. The third-order valence-corrected chi connectivity index (χ3v) is 6.84. The molecule has 0 unspecified atom stereocenters. The van der Waals surface area contributed by atoms with Crippen molar-refractivity contribution in [3.63, 3.8) is 0 Å². The summed E-state index contributed by atoms with van der Waals surface area (Å²) >= 11 is 0. The first-order valence-electron chi connectivity index (χ1n) is 14.3. The van der Waals surface area contributed by atoms with Gasteiger partial charge < -0.3 is 10.2 Å². The SMILES string of the molecule is CC(C)=CCC/C(C)=C/Cc1cccc(C(=O)O)c1C(=O)c1ccccc1.O=C(O)c1ccccc1C(=O)c1ccccc1. The highest BCUT2D eigenvalue weighted by atomic mass is 16.4. The largest absolute Gasteiger partial charge is 0.478 e. The van der Waals surface area contributed by atoms with Gasteiger partial charge in [0, 0.05) is 22.3 Å². The van der Waals surface area contributed by atoms with Gasteiger partial charge in [-0.25, -0.2) is 9.59 Å². The predicted molar refractivity (Wildman–Crippen MR) is 173 cm³/mol. The van der Waals surface area contributed by atoms with Gasteiger partial charge in [-0.15, -0.1) is 0 Å². The molecule has 0 saturated heterocycles. The van der Waals surface area contributed by atoms with Crippen LogP contribution >= 0.6 is 0 Å². The number of carboxylic acids is 2. The van der Waals surface area contributed by atoms with Crippen LogP contribution in [0.25, 0.3) is 0 Å². The Balaban J connectivity index is 0.000000266. The smallest absolute Gasteiger partial charge is 0.336 e. The second-order valence-corrected chi connectivity index (χ2v) is 10.5. The number of hydrogen-bond acceptors (Lipinski definition) is 4. The Kier molecular flexibility index (Phi) is 12.3. The van der Waals surface area contributed by atoms with E-state index in [1.165, 1.54) is 29.3 Å². The van der Waals surface area contributed by atoms with E-state index in [-0.39, 0.29) is 33.8 Å². The van der Waals surface area contributed by atoms with E-state index in [4.69, 9.17) is 5.11 Å². The molecule has 0 amide bonds. The van der Waals surface area contributed by atoms with Crippen molar-refractivity contribution in [1.29, 1.82) is 0 Å². The van der Waals surface area contributed by atoms with Crippen molar-refractivity contribution < 1.29 is 29.4 Å². The number of hydrogen-bond donors (Lipinski definition) is 2. The van der Waals surface area contributed by atoms with Gasteiger partial charge in [-0.05, 0) is 57.7 Å². The standard InChI is InChI=1S/C24H26O3.C14H10O3/c1-17(2)9-7-10-18(3)15-16-19-13-8-14-21(24(26)27)22(19)23(25)20-11-5-4-6-12-20;15-13(10-6-2-1-3-7-10)11-8-4-5-9-12(11)14(16)17/h4-6,8-9,11-15H,7,10,16H2,1-3H3,(H,26,27);1-9H,(H,16,17)/b18-15+;. The summed E-state index contributed by atoms with van der Waals surface area (Å²) in [7, 11) is 0. The van der Waals surface area contributed by atoms with Crippen molar-refractivity contribution in [2.45, 2.75) is 40.0 Å². The molecule has 2 N–H and O–H groups in total. The Labute approximate surface area is 258 Å². The van der Waals surface area contributed by atoms with E-state index >= 15 is 0 Å². The molecule has 6 heteroatoms. The van der Waals surface area contributed by atoms with Crippen LogP contribution in [-0.4, -0.2) is 33.7 Å². The van der Waals surface area contributed by atoms with Gasteiger partial charge in [-0.2, -0.15) is 0 Å². The number of benzene rings is 4. The Hall–Kier alpha value is -5.36. The highest BCUT2D eigenvalue weighted by Crippen LogP contribution is 2.22. The molecule has 0 aliphatic heterocycles. The zero-order valence-corrected chi connectivity index (χ0v) is 25.1. The summed E-state index contributed by atoms with van der Waals surface area (Å²) in [6, 6.07) is 28.7. The maximum atomic E-state index is 13.0. The number of carbonyl (C=O) groups excluding carboxylic acids is 2.